The highest BCUT2D eigenvalue weighted by molar-refractivity contribution is 5.26. The summed E-state index contributed by atoms with van der Waals surface area (Å²) in [4.78, 5) is 2.29. The smallest absolute Gasteiger partial charge is 0.119 e. The predicted octanol–water partition coefficient (Wildman–Crippen LogP) is 1.83. The van der Waals surface area contributed by atoms with Crippen LogP contribution >= 0.6 is 0 Å². The molecule has 0 aliphatic carbocycles. The molecule has 0 amide bonds. The number of aliphatic hydroxyl groups is 1. The topological polar surface area (TPSA) is 32.7 Å². The van der Waals surface area contributed by atoms with Gasteiger partial charge in [-0.1, -0.05) is 17.7 Å². The summed E-state index contributed by atoms with van der Waals surface area (Å²) in [5, 5.41) is 9.39. The Balaban J connectivity index is 1.61. The van der Waals surface area contributed by atoms with Crippen molar-refractivity contribution < 1.29 is 9.84 Å². The van der Waals surface area contributed by atoms with E-state index in [4.69, 9.17) is 4.74 Å². The third-order valence-electron chi connectivity index (χ3n) is 3.16. The van der Waals surface area contributed by atoms with Gasteiger partial charge in [0.2, 0.25) is 0 Å². The van der Waals surface area contributed by atoms with Crippen LogP contribution in [0.5, 0.6) is 5.75 Å². The average Bonchev–Trinajstić information content (AvgIpc) is 2.73. The lowest BCUT2D eigenvalue weighted by Crippen LogP contribution is -2.24. The minimum absolute atomic E-state index is 0.118. The highest BCUT2D eigenvalue weighted by atomic mass is 16.5. The van der Waals surface area contributed by atoms with E-state index in [1.807, 2.05) is 12.1 Å². The van der Waals surface area contributed by atoms with Crippen molar-refractivity contribution >= 4 is 0 Å². The molecule has 1 unspecified atom stereocenters. The van der Waals surface area contributed by atoms with Gasteiger partial charge in [0.25, 0.3) is 0 Å². The number of β-amino-alcohol motifs (C(OH)–C–C–N with tert-alkyl or cyclic N) is 1. The molecule has 1 aromatic carbocycles. The lowest BCUT2D eigenvalue weighted by Gasteiger charge is -2.14. The molecule has 1 N–H and O–H groups in total. The summed E-state index contributed by atoms with van der Waals surface area (Å²) in [6.07, 6.45) is 1.81. The van der Waals surface area contributed by atoms with Gasteiger partial charge in [0.1, 0.15) is 5.75 Å². The van der Waals surface area contributed by atoms with Crippen LogP contribution in [-0.2, 0) is 0 Å². The van der Waals surface area contributed by atoms with E-state index in [1.165, 1.54) is 5.56 Å². The maximum Gasteiger partial charge on any atom is 0.119 e. The lowest BCUT2D eigenvalue weighted by molar-refractivity contribution is 0.173. The third-order valence-corrected chi connectivity index (χ3v) is 3.16. The average molecular weight is 235 g/mol. The molecule has 1 heterocycles. The Morgan fingerprint density at radius 2 is 2.12 bits per heavy atom. The van der Waals surface area contributed by atoms with Crippen LogP contribution in [0.1, 0.15) is 18.4 Å². The number of aliphatic hydroxyl groups excluding tert-OH is 1. The van der Waals surface area contributed by atoms with E-state index in [-0.39, 0.29) is 6.10 Å². The van der Waals surface area contributed by atoms with Crippen molar-refractivity contribution in [1.82, 2.24) is 4.90 Å². The summed E-state index contributed by atoms with van der Waals surface area (Å²) in [5.41, 5.74) is 1.25. The zero-order valence-corrected chi connectivity index (χ0v) is 10.4. The third kappa shape index (κ3) is 4.02. The number of rotatable bonds is 5. The zero-order valence-electron chi connectivity index (χ0n) is 10.4. The first-order valence-electron chi connectivity index (χ1n) is 6.34. The Hall–Kier alpha value is -1.06. The molecule has 2 rings (SSSR count). The second kappa shape index (κ2) is 6.03. The summed E-state index contributed by atoms with van der Waals surface area (Å²) in [7, 11) is 0. The van der Waals surface area contributed by atoms with E-state index in [0.717, 1.165) is 44.8 Å². The van der Waals surface area contributed by atoms with E-state index in [2.05, 4.69) is 24.0 Å². The van der Waals surface area contributed by atoms with E-state index in [1.54, 1.807) is 0 Å². The monoisotopic (exact) mass is 235 g/mol. The second-order valence-corrected chi connectivity index (χ2v) is 4.76. The summed E-state index contributed by atoms with van der Waals surface area (Å²) < 4.78 is 5.66. The summed E-state index contributed by atoms with van der Waals surface area (Å²) in [6, 6.07) is 8.14. The summed E-state index contributed by atoms with van der Waals surface area (Å²) in [5.74, 6) is 0.942. The molecule has 3 nitrogen and oxygen atoms in total. The number of nitrogens with zero attached hydrogens (tertiary/aromatic N) is 1. The number of benzene rings is 1. The number of ether oxygens (including phenoxy) is 1. The molecule has 1 fully saturated rings. The molecule has 94 valence electrons. The number of hydrogen-bond donors (Lipinski definition) is 1. The van der Waals surface area contributed by atoms with Crippen molar-refractivity contribution in [2.75, 3.05) is 26.2 Å². The van der Waals surface area contributed by atoms with Crippen molar-refractivity contribution in [3.8, 4) is 5.75 Å². The second-order valence-electron chi connectivity index (χ2n) is 4.76. The van der Waals surface area contributed by atoms with E-state index in [0.29, 0.717) is 0 Å². The molecular weight excluding hydrogens is 214 g/mol. The molecule has 1 aliphatic heterocycles. The minimum atomic E-state index is -0.118. The molecule has 0 bridgehead atoms. The van der Waals surface area contributed by atoms with Gasteiger partial charge in [0.05, 0.1) is 12.7 Å². The Bertz CT molecular complexity index is 337. The van der Waals surface area contributed by atoms with E-state index < -0.39 is 0 Å². The van der Waals surface area contributed by atoms with Crippen molar-refractivity contribution in [1.29, 1.82) is 0 Å². The van der Waals surface area contributed by atoms with Crippen LogP contribution in [0.4, 0.5) is 0 Å². The maximum absolute atomic E-state index is 9.39. The molecule has 0 saturated carbocycles. The van der Waals surface area contributed by atoms with Crippen molar-refractivity contribution in [3.05, 3.63) is 29.8 Å². The highest BCUT2D eigenvalue weighted by Gasteiger charge is 2.18. The fourth-order valence-corrected chi connectivity index (χ4v) is 2.13. The Morgan fingerprint density at radius 1 is 1.35 bits per heavy atom. The van der Waals surface area contributed by atoms with Gasteiger partial charge in [0.15, 0.2) is 0 Å². The van der Waals surface area contributed by atoms with Crippen LogP contribution in [0, 0.1) is 6.92 Å². The maximum atomic E-state index is 9.39. The molecular formula is C14H21NO2. The van der Waals surface area contributed by atoms with Gasteiger partial charge >= 0.3 is 0 Å². The van der Waals surface area contributed by atoms with Crippen molar-refractivity contribution in [3.63, 3.8) is 0 Å². The van der Waals surface area contributed by atoms with Gasteiger partial charge < -0.3 is 14.7 Å². The van der Waals surface area contributed by atoms with E-state index in [9.17, 15) is 5.11 Å². The zero-order chi connectivity index (χ0) is 12.1. The molecule has 3 heteroatoms. The standard InChI is InChI=1S/C14H21NO2/c1-12-3-5-14(6-4-12)17-10-2-8-15-9-7-13(16)11-15/h3-6,13,16H,2,7-11H2,1H3. The van der Waals surface area contributed by atoms with Gasteiger partial charge in [-0.2, -0.15) is 0 Å². The molecule has 0 spiro atoms. The number of hydrogen-bond acceptors (Lipinski definition) is 3. The van der Waals surface area contributed by atoms with Crippen LogP contribution in [-0.4, -0.2) is 42.4 Å². The summed E-state index contributed by atoms with van der Waals surface area (Å²) in [6.45, 7) is 5.68. The predicted molar refractivity (Wildman–Crippen MR) is 68.4 cm³/mol. The number of likely N-dealkylation sites (tertiary alicyclic amines) is 1. The first-order chi connectivity index (χ1) is 8.24. The van der Waals surface area contributed by atoms with E-state index >= 15 is 0 Å². The van der Waals surface area contributed by atoms with Crippen LogP contribution < -0.4 is 4.74 Å². The summed E-state index contributed by atoms with van der Waals surface area (Å²) >= 11 is 0. The molecule has 1 aromatic rings. The first-order valence-corrected chi connectivity index (χ1v) is 6.34. The number of aryl methyl sites for hydroxylation is 1. The van der Waals surface area contributed by atoms with Crippen LogP contribution in [0.25, 0.3) is 0 Å². The Labute approximate surface area is 103 Å². The fourth-order valence-electron chi connectivity index (χ4n) is 2.13. The van der Waals surface area contributed by atoms with Crippen molar-refractivity contribution in [2.24, 2.45) is 0 Å². The molecule has 0 aromatic heterocycles. The van der Waals surface area contributed by atoms with Gasteiger partial charge in [0, 0.05) is 19.6 Å². The highest BCUT2D eigenvalue weighted by Crippen LogP contribution is 2.12. The SMILES string of the molecule is Cc1ccc(OCCCN2CCC(O)C2)cc1. The van der Waals surface area contributed by atoms with Crippen LogP contribution in [0.15, 0.2) is 24.3 Å². The van der Waals surface area contributed by atoms with Crippen LogP contribution in [0.2, 0.25) is 0 Å². The van der Waals surface area contributed by atoms with Gasteiger partial charge in [-0.25, -0.2) is 0 Å². The van der Waals surface area contributed by atoms with Gasteiger partial charge in [-0.15, -0.1) is 0 Å². The van der Waals surface area contributed by atoms with Crippen LogP contribution in [0.3, 0.4) is 0 Å². The fraction of sp³-hybridized carbons (Fsp3) is 0.571. The Kier molecular flexibility index (Phi) is 4.40. The lowest BCUT2D eigenvalue weighted by atomic mass is 10.2. The first kappa shape index (κ1) is 12.4. The van der Waals surface area contributed by atoms with Gasteiger partial charge in [-0.3, -0.25) is 0 Å². The normalized spacial score (nSPS) is 20.7. The molecule has 1 atom stereocenters. The van der Waals surface area contributed by atoms with Crippen molar-refractivity contribution in [2.45, 2.75) is 25.9 Å². The largest absolute Gasteiger partial charge is 0.494 e. The molecule has 0 radical (unpaired) electrons. The Morgan fingerprint density at radius 3 is 2.76 bits per heavy atom. The quantitative estimate of drug-likeness (QED) is 0.790. The van der Waals surface area contributed by atoms with Gasteiger partial charge in [-0.05, 0) is 31.9 Å². The molecule has 17 heavy (non-hydrogen) atoms. The minimum Gasteiger partial charge on any atom is -0.494 e. The molecule has 1 aliphatic rings. The molecule has 1 saturated heterocycles.